The van der Waals surface area contributed by atoms with Gasteiger partial charge in [0.15, 0.2) is 0 Å². The number of benzene rings is 1. The van der Waals surface area contributed by atoms with E-state index in [4.69, 9.17) is 0 Å². The van der Waals surface area contributed by atoms with E-state index in [9.17, 15) is 13.2 Å². The van der Waals surface area contributed by atoms with E-state index in [0.29, 0.717) is 12.8 Å². The predicted octanol–water partition coefficient (Wildman–Crippen LogP) is 2.22. The fourth-order valence-corrected chi connectivity index (χ4v) is 3.71. The summed E-state index contributed by atoms with van der Waals surface area (Å²) in [5, 5.41) is 2.81. The Kier molecular flexibility index (Phi) is 5.36. The largest absolute Gasteiger partial charge is 0.326 e. The first-order valence-electron chi connectivity index (χ1n) is 7.38. The summed E-state index contributed by atoms with van der Waals surface area (Å²) in [4.78, 5) is 11.7. The number of hydrogen-bond donors (Lipinski definition) is 2. The zero-order valence-electron chi connectivity index (χ0n) is 12.3. The minimum absolute atomic E-state index is 0.0659. The van der Waals surface area contributed by atoms with Crippen LogP contribution in [0.2, 0.25) is 0 Å². The highest BCUT2D eigenvalue weighted by molar-refractivity contribution is 7.89. The first-order chi connectivity index (χ1) is 10.0. The number of hydrogen-bond acceptors (Lipinski definition) is 3. The average Bonchev–Trinajstić information content (AvgIpc) is 2.45. The highest BCUT2D eigenvalue weighted by Gasteiger charge is 2.25. The van der Waals surface area contributed by atoms with Gasteiger partial charge >= 0.3 is 0 Å². The Balaban J connectivity index is 1.99. The Hall–Kier alpha value is -1.40. The van der Waals surface area contributed by atoms with Crippen LogP contribution in [0.3, 0.4) is 0 Å². The molecule has 1 heterocycles. The molecule has 1 aliphatic heterocycles. The van der Waals surface area contributed by atoms with Gasteiger partial charge in [-0.25, -0.2) is 13.1 Å². The first kappa shape index (κ1) is 16.0. The fraction of sp³-hybridized carbons (Fsp3) is 0.533. The molecule has 1 aromatic rings. The fourth-order valence-electron chi connectivity index (χ4n) is 2.53. The summed E-state index contributed by atoms with van der Waals surface area (Å²) >= 11 is 0. The Morgan fingerprint density at radius 3 is 2.81 bits per heavy atom. The molecule has 0 aromatic heterocycles. The molecule has 116 valence electrons. The lowest BCUT2D eigenvalue weighted by Gasteiger charge is -2.25. The summed E-state index contributed by atoms with van der Waals surface area (Å²) in [6, 6.07) is 7.54. The van der Waals surface area contributed by atoms with Gasteiger partial charge in [0.1, 0.15) is 0 Å². The number of carbonyl (C=O) groups is 1. The van der Waals surface area contributed by atoms with Crippen molar-refractivity contribution in [2.24, 2.45) is 0 Å². The van der Waals surface area contributed by atoms with Crippen LogP contribution in [-0.2, 0) is 14.8 Å². The van der Waals surface area contributed by atoms with Crippen molar-refractivity contribution in [2.75, 3.05) is 17.6 Å². The van der Waals surface area contributed by atoms with Gasteiger partial charge in [0.25, 0.3) is 0 Å². The molecule has 1 amide bonds. The van der Waals surface area contributed by atoms with Crippen molar-refractivity contribution in [3.8, 4) is 0 Å². The van der Waals surface area contributed by atoms with E-state index in [1.165, 1.54) is 0 Å². The quantitative estimate of drug-likeness (QED) is 0.758. The second kappa shape index (κ2) is 7.04. The summed E-state index contributed by atoms with van der Waals surface area (Å²) < 4.78 is 26.5. The molecule has 21 heavy (non-hydrogen) atoms. The van der Waals surface area contributed by atoms with Crippen LogP contribution in [0.15, 0.2) is 24.3 Å². The molecule has 0 spiro atoms. The zero-order valence-corrected chi connectivity index (χ0v) is 13.1. The van der Waals surface area contributed by atoms with Gasteiger partial charge in [-0.3, -0.25) is 4.79 Å². The van der Waals surface area contributed by atoms with Crippen LogP contribution < -0.4 is 10.0 Å². The van der Waals surface area contributed by atoms with Gasteiger partial charge < -0.3 is 5.32 Å². The van der Waals surface area contributed by atoms with Crippen LogP contribution in [0.4, 0.5) is 5.69 Å². The number of amides is 1. The van der Waals surface area contributed by atoms with Gasteiger partial charge in [0, 0.05) is 24.6 Å². The number of anilines is 1. The van der Waals surface area contributed by atoms with Gasteiger partial charge in [0.2, 0.25) is 15.9 Å². The van der Waals surface area contributed by atoms with Gasteiger partial charge in [-0.2, -0.15) is 0 Å². The highest BCUT2D eigenvalue weighted by atomic mass is 32.2. The summed E-state index contributed by atoms with van der Waals surface area (Å²) in [5.74, 6) is -0.0127. The van der Waals surface area contributed by atoms with E-state index in [-0.39, 0.29) is 24.1 Å². The van der Waals surface area contributed by atoms with E-state index in [2.05, 4.69) is 10.0 Å². The normalized spacial score (nSPS) is 18.1. The molecule has 0 bridgehead atoms. The van der Waals surface area contributed by atoms with Crippen molar-refractivity contribution >= 4 is 21.6 Å². The number of nitrogens with one attached hydrogen (secondary N) is 2. The first-order valence-corrected chi connectivity index (χ1v) is 9.03. The number of carbonyl (C=O) groups excluding carboxylic acids is 1. The van der Waals surface area contributed by atoms with Crippen LogP contribution in [0.1, 0.15) is 44.1 Å². The second-order valence-corrected chi connectivity index (χ2v) is 7.34. The molecule has 2 rings (SSSR count). The lowest BCUT2D eigenvalue weighted by Crippen LogP contribution is -2.34. The maximum Gasteiger partial charge on any atom is 0.225 e. The monoisotopic (exact) mass is 310 g/mol. The molecule has 1 aromatic carbocycles. The van der Waals surface area contributed by atoms with Crippen molar-refractivity contribution in [2.45, 2.75) is 38.5 Å². The maximum absolute atomic E-state index is 11.9. The molecular formula is C15H22N2O3S. The summed E-state index contributed by atoms with van der Waals surface area (Å²) in [6.45, 7) is 2.32. The smallest absolute Gasteiger partial charge is 0.225 e. The summed E-state index contributed by atoms with van der Waals surface area (Å²) in [7, 11) is -3.25. The molecule has 2 N–H and O–H groups in total. The lowest BCUT2D eigenvalue weighted by atomic mass is 9.91. The number of para-hydroxylation sites is 1. The van der Waals surface area contributed by atoms with E-state index < -0.39 is 10.0 Å². The number of unbranched alkanes of at least 4 members (excludes halogenated alkanes) is 2. The third kappa shape index (κ3) is 4.54. The van der Waals surface area contributed by atoms with Crippen LogP contribution in [-0.4, -0.2) is 26.6 Å². The maximum atomic E-state index is 11.9. The second-order valence-electron chi connectivity index (χ2n) is 5.41. The molecule has 0 unspecified atom stereocenters. The molecular weight excluding hydrogens is 288 g/mol. The molecule has 0 radical (unpaired) electrons. The van der Waals surface area contributed by atoms with Crippen molar-refractivity contribution < 1.29 is 13.2 Å². The van der Waals surface area contributed by atoms with E-state index in [1.807, 2.05) is 31.2 Å². The van der Waals surface area contributed by atoms with Crippen molar-refractivity contribution in [3.05, 3.63) is 29.8 Å². The van der Waals surface area contributed by atoms with E-state index in [1.54, 1.807) is 0 Å². The van der Waals surface area contributed by atoms with Crippen molar-refractivity contribution in [1.29, 1.82) is 0 Å². The van der Waals surface area contributed by atoms with Crippen LogP contribution in [0.25, 0.3) is 0 Å². The van der Waals surface area contributed by atoms with E-state index in [0.717, 1.165) is 24.1 Å². The molecule has 0 saturated heterocycles. The lowest BCUT2D eigenvalue weighted by molar-refractivity contribution is -0.116. The topological polar surface area (TPSA) is 75.3 Å². The minimum Gasteiger partial charge on any atom is -0.326 e. The minimum atomic E-state index is -3.25. The molecule has 1 aliphatic rings. The molecule has 6 heteroatoms. The summed E-state index contributed by atoms with van der Waals surface area (Å²) in [6.07, 6.45) is 2.89. The van der Waals surface area contributed by atoms with Gasteiger partial charge in [-0.15, -0.1) is 0 Å². The van der Waals surface area contributed by atoms with E-state index >= 15 is 0 Å². The zero-order chi connectivity index (χ0) is 15.3. The standard InChI is InChI=1S/C15H22N2O3S/c1-2-3-6-9-21(19,20)16-11-12-10-15(18)17-14-8-5-4-7-13(12)14/h4-5,7-8,12,16H,2-3,6,9-11H2,1H3,(H,17,18)/t12-/m0/s1. The number of fused-ring (bicyclic) bond motifs is 1. The third-order valence-electron chi connectivity index (χ3n) is 3.67. The van der Waals surface area contributed by atoms with Crippen LogP contribution in [0, 0.1) is 0 Å². The Labute approximate surface area is 126 Å². The number of rotatable bonds is 7. The van der Waals surface area contributed by atoms with Crippen molar-refractivity contribution in [3.63, 3.8) is 0 Å². The number of sulfonamides is 1. The van der Waals surface area contributed by atoms with Crippen molar-refractivity contribution in [1.82, 2.24) is 4.72 Å². The Morgan fingerprint density at radius 1 is 1.29 bits per heavy atom. The molecule has 5 nitrogen and oxygen atoms in total. The predicted molar refractivity (Wildman–Crippen MR) is 83.7 cm³/mol. The highest BCUT2D eigenvalue weighted by Crippen LogP contribution is 2.31. The molecule has 0 fully saturated rings. The molecule has 1 atom stereocenters. The van der Waals surface area contributed by atoms with Crippen LogP contribution in [0.5, 0.6) is 0 Å². The Morgan fingerprint density at radius 2 is 2.05 bits per heavy atom. The average molecular weight is 310 g/mol. The van der Waals surface area contributed by atoms with Gasteiger partial charge in [-0.1, -0.05) is 38.0 Å². The molecule has 0 aliphatic carbocycles. The summed E-state index contributed by atoms with van der Waals surface area (Å²) in [5.41, 5.74) is 1.78. The van der Waals surface area contributed by atoms with Gasteiger partial charge in [-0.05, 0) is 18.1 Å². The third-order valence-corrected chi connectivity index (χ3v) is 5.11. The SMILES string of the molecule is CCCCCS(=O)(=O)NC[C@@H]1CC(=O)Nc2ccccc21. The Bertz CT molecular complexity index is 599. The van der Waals surface area contributed by atoms with Crippen LogP contribution >= 0.6 is 0 Å². The van der Waals surface area contributed by atoms with Gasteiger partial charge in [0.05, 0.1) is 5.75 Å². The molecule has 0 saturated carbocycles.